The van der Waals surface area contributed by atoms with Crippen molar-refractivity contribution >= 4 is 0 Å². The fourth-order valence-corrected chi connectivity index (χ4v) is 1.53. The van der Waals surface area contributed by atoms with Crippen molar-refractivity contribution in [1.29, 1.82) is 0 Å². The van der Waals surface area contributed by atoms with Crippen LogP contribution < -0.4 is 0 Å². The second-order valence-corrected chi connectivity index (χ2v) is 3.64. The summed E-state index contributed by atoms with van der Waals surface area (Å²) in [7, 11) is 1.87. The van der Waals surface area contributed by atoms with Gasteiger partial charge in [0, 0.05) is 19.4 Å². The monoisotopic (exact) mass is 225 g/mol. The Balaban J connectivity index is 2.33. The first-order chi connectivity index (χ1) is 7.47. The van der Waals surface area contributed by atoms with E-state index in [9.17, 15) is 13.2 Å². The molecule has 0 aliphatic rings. The second-order valence-electron chi connectivity index (χ2n) is 3.64. The predicted molar refractivity (Wildman–Crippen MR) is 55.9 cm³/mol. The summed E-state index contributed by atoms with van der Waals surface area (Å²) < 4.78 is 38.8. The number of alkyl halides is 3. The minimum Gasteiger partial charge on any atom is -0.357 e. The highest BCUT2D eigenvalue weighted by molar-refractivity contribution is 5.63. The van der Waals surface area contributed by atoms with E-state index in [-0.39, 0.29) is 0 Å². The number of hydrogen-bond acceptors (Lipinski definition) is 0. The molecule has 0 saturated carbocycles. The zero-order chi connectivity index (χ0) is 11.8. The van der Waals surface area contributed by atoms with Crippen molar-refractivity contribution in [3.63, 3.8) is 0 Å². The molecule has 1 aromatic heterocycles. The summed E-state index contributed by atoms with van der Waals surface area (Å²) in [4.78, 5) is 0. The molecule has 16 heavy (non-hydrogen) atoms. The Morgan fingerprint density at radius 2 is 1.56 bits per heavy atom. The highest BCUT2D eigenvalue weighted by Gasteiger charge is 2.29. The van der Waals surface area contributed by atoms with Gasteiger partial charge in [-0.25, -0.2) is 0 Å². The molecule has 4 heteroatoms. The lowest BCUT2D eigenvalue weighted by Crippen LogP contribution is -2.03. The van der Waals surface area contributed by atoms with Crippen molar-refractivity contribution in [1.82, 2.24) is 4.57 Å². The minimum atomic E-state index is -4.27. The number of rotatable bonds is 1. The third-order valence-electron chi connectivity index (χ3n) is 2.38. The fraction of sp³-hybridized carbons (Fsp3) is 0.167. The summed E-state index contributed by atoms with van der Waals surface area (Å²) in [5.74, 6) is 0. The maximum absolute atomic E-state index is 12.3. The number of aryl methyl sites for hydroxylation is 1. The number of nitrogens with zero attached hydrogens (tertiary/aromatic N) is 1. The summed E-state index contributed by atoms with van der Waals surface area (Å²) in [6.07, 6.45) is -0.551. The van der Waals surface area contributed by atoms with Crippen molar-refractivity contribution in [2.24, 2.45) is 7.05 Å². The van der Waals surface area contributed by atoms with Crippen LogP contribution in [0.3, 0.4) is 0 Å². The van der Waals surface area contributed by atoms with Gasteiger partial charge in [-0.05, 0) is 29.3 Å². The molecule has 0 N–H and O–H groups in total. The van der Waals surface area contributed by atoms with Gasteiger partial charge in [0.1, 0.15) is 0 Å². The van der Waals surface area contributed by atoms with Crippen LogP contribution in [0, 0.1) is 0 Å². The molecule has 1 aromatic carbocycles. The third kappa shape index (κ3) is 2.10. The van der Waals surface area contributed by atoms with Gasteiger partial charge in [-0.3, -0.25) is 0 Å². The Morgan fingerprint density at radius 3 is 2.00 bits per heavy atom. The van der Waals surface area contributed by atoms with E-state index in [0.29, 0.717) is 0 Å². The largest absolute Gasteiger partial charge is 0.416 e. The quantitative estimate of drug-likeness (QED) is 0.697. The van der Waals surface area contributed by atoms with Gasteiger partial charge in [0.15, 0.2) is 0 Å². The van der Waals surface area contributed by atoms with Crippen LogP contribution in [0.1, 0.15) is 5.56 Å². The van der Waals surface area contributed by atoms with Gasteiger partial charge in [-0.2, -0.15) is 13.2 Å². The van der Waals surface area contributed by atoms with E-state index in [2.05, 4.69) is 0 Å². The highest BCUT2D eigenvalue weighted by atomic mass is 19.4. The molecule has 0 bridgehead atoms. The molecule has 2 aromatic rings. The molecular formula is C12H10F3N. The second kappa shape index (κ2) is 3.70. The first-order valence-corrected chi connectivity index (χ1v) is 4.76. The Kier molecular flexibility index (Phi) is 2.50. The minimum absolute atomic E-state index is 0.618. The van der Waals surface area contributed by atoms with Crippen LogP contribution in [-0.4, -0.2) is 4.57 Å². The Bertz CT molecular complexity index is 480. The number of hydrogen-bond donors (Lipinski definition) is 0. The van der Waals surface area contributed by atoms with Crippen LogP contribution >= 0.6 is 0 Å². The average molecular weight is 225 g/mol. The van der Waals surface area contributed by atoms with E-state index in [0.717, 1.165) is 23.3 Å². The zero-order valence-electron chi connectivity index (χ0n) is 8.62. The van der Waals surface area contributed by atoms with E-state index in [1.165, 1.54) is 12.1 Å². The van der Waals surface area contributed by atoms with E-state index in [4.69, 9.17) is 0 Å². The van der Waals surface area contributed by atoms with Crippen LogP contribution in [0.25, 0.3) is 11.1 Å². The summed E-state index contributed by atoms with van der Waals surface area (Å²) in [6.45, 7) is 0. The Labute approximate surface area is 91.1 Å². The molecule has 0 spiro atoms. The van der Waals surface area contributed by atoms with Gasteiger partial charge in [0.05, 0.1) is 5.56 Å². The van der Waals surface area contributed by atoms with Gasteiger partial charge < -0.3 is 4.57 Å². The summed E-state index contributed by atoms with van der Waals surface area (Å²) >= 11 is 0. The molecule has 1 heterocycles. The van der Waals surface area contributed by atoms with Gasteiger partial charge in [-0.15, -0.1) is 0 Å². The first-order valence-electron chi connectivity index (χ1n) is 4.76. The molecule has 1 nitrogen and oxygen atoms in total. The average Bonchev–Trinajstić information content (AvgIpc) is 2.64. The van der Waals surface area contributed by atoms with E-state index >= 15 is 0 Å². The molecule has 0 saturated heterocycles. The van der Waals surface area contributed by atoms with E-state index in [1.807, 2.05) is 30.1 Å². The fourth-order valence-electron chi connectivity index (χ4n) is 1.53. The van der Waals surface area contributed by atoms with Crippen molar-refractivity contribution in [2.75, 3.05) is 0 Å². The van der Waals surface area contributed by atoms with Crippen LogP contribution in [0.2, 0.25) is 0 Å². The van der Waals surface area contributed by atoms with Gasteiger partial charge in [0.25, 0.3) is 0 Å². The summed E-state index contributed by atoms with van der Waals surface area (Å²) in [6, 6.07) is 7.03. The van der Waals surface area contributed by atoms with Crippen LogP contribution in [0.5, 0.6) is 0 Å². The smallest absolute Gasteiger partial charge is 0.357 e. The molecule has 0 atom stereocenters. The molecule has 0 aliphatic carbocycles. The predicted octanol–water partition coefficient (Wildman–Crippen LogP) is 3.71. The highest BCUT2D eigenvalue weighted by Crippen LogP contribution is 2.30. The molecule has 0 aliphatic heterocycles. The summed E-state index contributed by atoms with van der Waals surface area (Å²) in [5, 5.41) is 0. The van der Waals surface area contributed by atoms with Crippen molar-refractivity contribution < 1.29 is 13.2 Å². The van der Waals surface area contributed by atoms with Gasteiger partial charge in [0.2, 0.25) is 0 Å². The molecule has 0 unspecified atom stereocenters. The molecule has 2 rings (SSSR count). The molecule has 0 radical (unpaired) electrons. The molecular weight excluding hydrogens is 215 g/mol. The van der Waals surface area contributed by atoms with Crippen molar-refractivity contribution in [3.8, 4) is 11.1 Å². The number of benzene rings is 1. The van der Waals surface area contributed by atoms with Crippen molar-refractivity contribution in [2.45, 2.75) is 6.18 Å². The lowest BCUT2D eigenvalue weighted by Gasteiger charge is -2.06. The maximum Gasteiger partial charge on any atom is 0.416 e. The van der Waals surface area contributed by atoms with Crippen LogP contribution in [-0.2, 0) is 13.2 Å². The zero-order valence-corrected chi connectivity index (χ0v) is 8.62. The Morgan fingerprint density at radius 1 is 0.938 bits per heavy atom. The van der Waals surface area contributed by atoms with Gasteiger partial charge >= 0.3 is 6.18 Å². The number of halogens is 3. The standard InChI is InChI=1S/C12H10F3N/c1-16-7-6-10(8-16)9-2-4-11(5-3-9)12(13,14)15/h2-8H,1H3. The molecule has 84 valence electrons. The molecule has 0 amide bonds. The first kappa shape index (κ1) is 10.8. The lowest BCUT2D eigenvalue weighted by molar-refractivity contribution is -0.137. The third-order valence-corrected chi connectivity index (χ3v) is 2.38. The normalized spacial score (nSPS) is 11.8. The molecule has 0 fully saturated rings. The topological polar surface area (TPSA) is 4.93 Å². The number of aromatic nitrogens is 1. The Hall–Kier alpha value is -1.71. The maximum atomic E-state index is 12.3. The van der Waals surface area contributed by atoms with E-state index < -0.39 is 11.7 Å². The lowest BCUT2D eigenvalue weighted by atomic mass is 10.1. The van der Waals surface area contributed by atoms with Crippen LogP contribution in [0.4, 0.5) is 13.2 Å². The summed E-state index contributed by atoms with van der Waals surface area (Å²) in [5.41, 5.74) is 1.08. The SMILES string of the molecule is Cn1ccc(-c2ccc(C(F)(F)F)cc2)c1. The van der Waals surface area contributed by atoms with Crippen LogP contribution in [0.15, 0.2) is 42.7 Å². The van der Waals surface area contributed by atoms with Crippen molar-refractivity contribution in [3.05, 3.63) is 48.3 Å². The van der Waals surface area contributed by atoms with Gasteiger partial charge in [-0.1, -0.05) is 12.1 Å². The van der Waals surface area contributed by atoms with E-state index in [1.54, 1.807) is 0 Å².